The summed E-state index contributed by atoms with van der Waals surface area (Å²) in [7, 11) is 0. The van der Waals surface area contributed by atoms with E-state index in [4.69, 9.17) is 4.74 Å². The second-order valence-electron chi connectivity index (χ2n) is 7.67. The molecule has 0 bridgehead atoms. The van der Waals surface area contributed by atoms with Gasteiger partial charge >= 0.3 is 5.97 Å². The lowest BCUT2D eigenvalue weighted by atomic mass is 9.71. The molecule has 0 aromatic rings. The summed E-state index contributed by atoms with van der Waals surface area (Å²) >= 11 is 0. The minimum atomic E-state index is -0.391. The Morgan fingerprint density at radius 3 is 2.60 bits per heavy atom. The molecule has 3 aliphatic carbocycles. The number of allylic oxidation sites excluding steroid dienone is 3. The zero-order valence-electron chi connectivity index (χ0n) is 12.9. The molecule has 0 aliphatic heterocycles. The van der Waals surface area contributed by atoms with Crippen LogP contribution < -0.4 is 0 Å². The maximum Gasteiger partial charge on any atom is 0.331 e. The summed E-state index contributed by atoms with van der Waals surface area (Å²) < 4.78 is 5.38. The van der Waals surface area contributed by atoms with Gasteiger partial charge in [0.25, 0.3) is 0 Å². The number of fused-ring (bicyclic) bond motifs is 1. The van der Waals surface area contributed by atoms with Crippen molar-refractivity contribution in [3.8, 4) is 0 Å². The highest BCUT2D eigenvalue weighted by molar-refractivity contribution is 5.83. The van der Waals surface area contributed by atoms with E-state index in [2.05, 4.69) is 6.08 Å². The van der Waals surface area contributed by atoms with Crippen LogP contribution >= 0.6 is 0 Å². The van der Waals surface area contributed by atoms with Gasteiger partial charge in [-0.05, 0) is 58.3 Å². The first-order valence-electron chi connectivity index (χ1n) is 8.06. The van der Waals surface area contributed by atoms with E-state index in [0.717, 1.165) is 18.3 Å². The molecule has 0 heterocycles. The van der Waals surface area contributed by atoms with Crippen LogP contribution in [0.15, 0.2) is 23.3 Å². The summed E-state index contributed by atoms with van der Waals surface area (Å²) in [5, 5.41) is 0. The lowest BCUT2D eigenvalue weighted by molar-refractivity contribution is -0.148. The highest BCUT2D eigenvalue weighted by Crippen LogP contribution is 2.52. The number of hydrogen-bond acceptors (Lipinski definition) is 2. The van der Waals surface area contributed by atoms with Crippen molar-refractivity contribution >= 4 is 5.97 Å². The molecule has 20 heavy (non-hydrogen) atoms. The van der Waals surface area contributed by atoms with E-state index in [0.29, 0.717) is 5.92 Å². The zero-order chi connectivity index (χ0) is 14.3. The average Bonchev–Trinajstić information content (AvgIpc) is 2.91. The Balaban J connectivity index is 1.63. The van der Waals surface area contributed by atoms with Gasteiger partial charge in [-0.25, -0.2) is 4.79 Å². The van der Waals surface area contributed by atoms with E-state index in [1.807, 2.05) is 20.8 Å². The van der Waals surface area contributed by atoms with E-state index in [9.17, 15) is 4.79 Å². The van der Waals surface area contributed by atoms with Gasteiger partial charge in [0.1, 0.15) is 5.60 Å². The molecular weight excluding hydrogens is 248 g/mol. The van der Waals surface area contributed by atoms with Gasteiger partial charge in [-0.1, -0.05) is 30.1 Å². The Kier molecular flexibility index (Phi) is 3.51. The maximum absolute atomic E-state index is 11.9. The van der Waals surface area contributed by atoms with Crippen molar-refractivity contribution in [3.05, 3.63) is 23.3 Å². The number of carbonyl (C=O) groups is 1. The summed E-state index contributed by atoms with van der Waals surface area (Å²) in [6, 6.07) is 0. The predicted octanol–water partition coefficient (Wildman–Crippen LogP) is 4.41. The molecule has 0 N–H and O–H groups in total. The second-order valence-corrected chi connectivity index (χ2v) is 7.67. The fourth-order valence-electron chi connectivity index (χ4n) is 3.99. The Morgan fingerprint density at radius 2 is 1.95 bits per heavy atom. The summed E-state index contributed by atoms with van der Waals surface area (Å²) in [6.07, 6.45) is 12.2. The molecule has 2 heteroatoms. The largest absolute Gasteiger partial charge is 0.457 e. The van der Waals surface area contributed by atoms with Crippen LogP contribution in [0.25, 0.3) is 0 Å². The first kappa shape index (κ1) is 13.9. The van der Waals surface area contributed by atoms with Crippen LogP contribution in [-0.4, -0.2) is 11.6 Å². The minimum Gasteiger partial charge on any atom is -0.457 e. The SMILES string of the molecule is CC(C)(C)OC(=O)C=C1C[C@@H]2CC(C3CCCC3)=C[C@H]12. The predicted molar refractivity (Wildman–Crippen MR) is 80.2 cm³/mol. The lowest BCUT2D eigenvalue weighted by Gasteiger charge is -2.34. The topological polar surface area (TPSA) is 26.3 Å². The first-order valence-corrected chi connectivity index (χ1v) is 8.06. The molecule has 0 spiro atoms. The van der Waals surface area contributed by atoms with Crippen molar-refractivity contribution in [1.82, 2.24) is 0 Å². The number of carbonyl (C=O) groups excluding carboxylic acids is 1. The second kappa shape index (κ2) is 5.05. The van der Waals surface area contributed by atoms with Crippen LogP contribution in [0.5, 0.6) is 0 Å². The summed E-state index contributed by atoms with van der Waals surface area (Å²) in [6.45, 7) is 5.75. The minimum absolute atomic E-state index is 0.173. The summed E-state index contributed by atoms with van der Waals surface area (Å²) in [5.41, 5.74) is 2.58. The molecule has 0 unspecified atom stereocenters. The molecule has 0 saturated heterocycles. The van der Waals surface area contributed by atoms with E-state index in [-0.39, 0.29) is 5.97 Å². The van der Waals surface area contributed by atoms with Crippen LogP contribution in [0.2, 0.25) is 0 Å². The number of esters is 1. The molecule has 3 aliphatic rings. The normalized spacial score (nSPS) is 31.9. The smallest absolute Gasteiger partial charge is 0.331 e. The summed E-state index contributed by atoms with van der Waals surface area (Å²) in [4.78, 5) is 11.9. The number of rotatable bonds is 2. The molecule has 110 valence electrons. The Labute approximate surface area is 122 Å². The van der Waals surface area contributed by atoms with Gasteiger partial charge in [0.2, 0.25) is 0 Å². The third-order valence-electron chi connectivity index (χ3n) is 4.92. The van der Waals surface area contributed by atoms with Gasteiger partial charge in [0.05, 0.1) is 0 Å². The Bertz CT molecular complexity index is 458. The van der Waals surface area contributed by atoms with Crippen LogP contribution in [0.3, 0.4) is 0 Å². The van der Waals surface area contributed by atoms with Crippen LogP contribution in [0, 0.1) is 17.8 Å². The van der Waals surface area contributed by atoms with Crippen molar-refractivity contribution in [1.29, 1.82) is 0 Å². The average molecular weight is 274 g/mol. The fraction of sp³-hybridized carbons (Fsp3) is 0.722. The van der Waals surface area contributed by atoms with Crippen molar-refractivity contribution in [2.75, 3.05) is 0 Å². The monoisotopic (exact) mass is 274 g/mol. The van der Waals surface area contributed by atoms with E-state index in [1.54, 1.807) is 11.6 Å². The molecule has 2 atom stereocenters. The molecule has 2 fully saturated rings. The molecule has 0 radical (unpaired) electrons. The van der Waals surface area contributed by atoms with Gasteiger partial charge in [-0.3, -0.25) is 0 Å². The third-order valence-corrected chi connectivity index (χ3v) is 4.92. The molecule has 3 rings (SSSR count). The third kappa shape index (κ3) is 2.84. The Hall–Kier alpha value is -1.05. The fourth-order valence-corrected chi connectivity index (χ4v) is 3.99. The van der Waals surface area contributed by atoms with Gasteiger partial charge in [-0.2, -0.15) is 0 Å². The number of ether oxygens (including phenoxy) is 1. The van der Waals surface area contributed by atoms with Crippen molar-refractivity contribution in [2.45, 2.75) is 64.9 Å². The number of hydrogen-bond donors (Lipinski definition) is 0. The molecular formula is C18H26O2. The van der Waals surface area contributed by atoms with Crippen LogP contribution in [0.4, 0.5) is 0 Å². The maximum atomic E-state index is 11.9. The lowest BCUT2D eigenvalue weighted by Crippen LogP contribution is -2.27. The van der Waals surface area contributed by atoms with E-state index < -0.39 is 5.60 Å². The standard InChI is InChI=1S/C18H26O2/c1-18(2,3)20-17(19)11-15-9-14-8-13(10-16(14)15)12-6-4-5-7-12/h10-12,14,16H,4-9H2,1-3H3/t14-,16-/m0/s1. The highest BCUT2D eigenvalue weighted by atomic mass is 16.6. The molecule has 0 aromatic carbocycles. The molecule has 2 saturated carbocycles. The quantitative estimate of drug-likeness (QED) is 0.423. The van der Waals surface area contributed by atoms with Crippen molar-refractivity contribution in [3.63, 3.8) is 0 Å². The highest BCUT2D eigenvalue weighted by Gasteiger charge is 2.41. The molecule has 0 amide bonds. The van der Waals surface area contributed by atoms with Gasteiger partial charge in [0.15, 0.2) is 0 Å². The van der Waals surface area contributed by atoms with E-state index in [1.165, 1.54) is 37.7 Å². The van der Waals surface area contributed by atoms with Gasteiger partial charge in [-0.15, -0.1) is 0 Å². The van der Waals surface area contributed by atoms with Crippen LogP contribution in [-0.2, 0) is 9.53 Å². The summed E-state index contributed by atoms with van der Waals surface area (Å²) in [5.74, 6) is 1.99. The Morgan fingerprint density at radius 1 is 1.25 bits per heavy atom. The first-order chi connectivity index (χ1) is 9.42. The van der Waals surface area contributed by atoms with Crippen LogP contribution in [0.1, 0.15) is 59.3 Å². The van der Waals surface area contributed by atoms with Gasteiger partial charge in [0, 0.05) is 12.0 Å². The zero-order valence-corrected chi connectivity index (χ0v) is 12.9. The van der Waals surface area contributed by atoms with Crippen molar-refractivity contribution in [2.24, 2.45) is 17.8 Å². The molecule has 0 aromatic heterocycles. The molecule has 2 nitrogen and oxygen atoms in total. The van der Waals surface area contributed by atoms with Gasteiger partial charge < -0.3 is 4.74 Å². The van der Waals surface area contributed by atoms with E-state index >= 15 is 0 Å². The van der Waals surface area contributed by atoms with Crippen molar-refractivity contribution < 1.29 is 9.53 Å².